The lowest BCUT2D eigenvalue weighted by molar-refractivity contribution is -0.367. The quantitative estimate of drug-likeness (QED) is 0.296. The van der Waals surface area contributed by atoms with Gasteiger partial charge in [0.25, 0.3) is 0 Å². The Balaban J connectivity index is 2.17. The number of rotatable bonds is 10. The van der Waals surface area contributed by atoms with Crippen molar-refractivity contribution >= 4 is 35.5 Å². The van der Waals surface area contributed by atoms with Gasteiger partial charge >= 0.3 is 23.9 Å². The lowest BCUT2D eigenvalue weighted by Crippen LogP contribution is -2.67. The maximum Gasteiger partial charge on any atom is 0.303 e. The fourth-order valence-corrected chi connectivity index (χ4v) is 5.00. The van der Waals surface area contributed by atoms with Gasteiger partial charge in [0.05, 0.1) is 0 Å². The average Bonchev–Trinajstić information content (AvgIpc) is 2.91. The average molecular weight is 591 g/mol. The summed E-state index contributed by atoms with van der Waals surface area (Å²) in [6.07, 6.45) is -3.95. The van der Waals surface area contributed by atoms with Crippen molar-refractivity contribution in [1.29, 1.82) is 0 Å². The van der Waals surface area contributed by atoms with E-state index < -0.39 is 54.1 Å². The highest BCUT2D eigenvalue weighted by Crippen LogP contribution is 2.44. The lowest BCUT2D eigenvalue weighted by Gasteiger charge is -2.50. The predicted octanol–water partition coefficient (Wildman–Crippen LogP) is 4.05. The van der Waals surface area contributed by atoms with Crippen LogP contribution in [0.1, 0.15) is 56.9 Å². The number of carbonyl (C=O) groups is 4. The second-order valence-corrected chi connectivity index (χ2v) is 10.1. The molecule has 0 aliphatic carbocycles. The Kier molecular flexibility index (Phi) is 10.9. The zero-order valence-corrected chi connectivity index (χ0v) is 24.7. The summed E-state index contributed by atoms with van der Waals surface area (Å²) < 4.78 is 34.3. The van der Waals surface area contributed by atoms with E-state index in [4.69, 9.17) is 40.0 Å². The Labute approximate surface area is 244 Å². The van der Waals surface area contributed by atoms with Gasteiger partial charge in [0, 0.05) is 45.4 Å². The first-order valence-corrected chi connectivity index (χ1v) is 13.5. The molecule has 0 bridgehead atoms. The van der Waals surface area contributed by atoms with E-state index in [9.17, 15) is 19.2 Å². The minimum Gasteiger partial charge on any atom is -0.463 e. The van der Waals surface area contributed by atoms with E-state index in [0.29, 0.717) is 17.0 Å². The Morgan fingerprint density at radius 2 is 1.41 bits per heavy atom. The highest BCUT2D eigenvalue weighted by molar-refractivity contribution is 6.31. The molecule has 10 nitrogen and oxygen atoms in total. The number of ether oxygens (including phenoxy) is 6. The first-order chi connectivity index (χ1) is 19.4. The summed E-state index contributed by atoms with van der Waals surface area (Å²) in [5.41, 5.74) is 3.30. The van der Waals surface area contributed by atoms with Crippen molar-refractivity contribution in [3.05, 3.63) is 69.7 Å². The lowest BCUT2D eigenvalue weighted by atomic mass is 9.86. The van der Waals surface area contributed by atoms with Crippen LogP contribution in [0.5, 0.6) is 0 Å². The number of esters is 4. The molecule has 0 radical (unpaired) electrons. The molecule has 5 atom stereocenters. The van der Waals surface area contributed by atoms with E-state index in [1.54, 1.807) is 18.2 Å². The van der Waals surface area contributed by atoms with E-state index in [-0.39, 0.29) is 6.61 Å². The molecule has 41 heavy (non-hydrogen) atoms. The molecule has 1 saturated heterocycles. The van der Waals surface area contributed by atoms with Gasteiger partial charge in [0.15, 0.2) is 12.2 Å². The Morgan fingerprint density at radius 1 is 0.829 bits per heavy atom. The van der Waals surface area contributed by atoms with Crippen molar-refractivity contribution in [3.63, 3.8) is 0 Å². The van der Waals surface area contributed by atoms with Crippen LogP contribution in [0.25, 0.3) is 0 Å². The topological polar surface area (TPSA) is 124 Å². The van der Waals surface area contributed by atoms with E-state index in [1.807, 2.05) is 24.3 Å². The molecule has 1 aliphatic rings. The second kappa shape index (κ2) is 13.9. The van der Waals surface area contributed by atoms with Gasteiger partial charge in [0.2, 0.25) is 11.9 Å². The number of hydrogen-bond donors (Lipinski definition) is 0. The minimum absolute atomic E-state index is 0.377. The normalized spacial score (nSPS) is 23.8. The second-order valence-electron chi connectivity index (χ2n) is 9.66. The summed E-state index contributed by atoms with van der Waals surface area (Å²) in [7, 11) is 1.33. The third kappa shape index (κ3) is 7.84. The fraction of sp³-hybridized carbons (Fsp3) is 0.467. The summed E-state index contributed by atoms with van der Waals surface area (Å²) in [6, 6.07) is 13.2. The minimum atomic E-state index is -1.89. The van der Waals surface area contributed by atoms with Crippen molar-refractivity contribution < 1.29 is 47.6 Å². The number of aryl methyl sites for hydroxylation is 1. The summed E-state index contributed by atoms with van der Waals surface area (Å²) in [6.45, 7) is 6.39. The zero-order valence-electron chi connectivity index (χ0n) is 23.9. The molecular formula is C30H35ClO10. The van der Waals surface area contributed by atoms with Gasteiger partial charge in [-0.15, -0.1) is 0 Å². The van der Waals surface area contributed by atoms with Gasteiger partial charge in [-0.25, -0.2) is 0 Å². The van der Waals surface area contributed by atoms with Crippen molar-refractivity contribution in [1.82, 2.24) is 0 Å². The number of hydrogen-bond acceptors (Lipinski definition) is 10. The highest BCUT2D eigenvalue weighted by atomic mass is 35.5. The highest BCUT2D eigenvalue weighted by Gasteiger charge is 2.61. The molecule has 11 heteroatoms. The molecular weight excluding hydrogens is 556 g/mol. The number of halogens is 1. The monoisotopic (exact) mass is 590 g/mol. The van der Waals surface area contributed by atoms with Crippen molar-refractivity contribution in [2.24, 2.45) is 0 Å². The van der Waals surface area contributed by atoms with Crippen LogP contribution in [-0.4, -0.2) is 62.0 Å². The van der Waals surface area contributed by atoms with Crippen LogP contribution in [-0.2, 0) is 66.2 Å². The molecule has 3 rings (SSSR count). The third-order valence-corrected chi connectivity index (χ3v) is 6.98. The Bertz CT molecular complexity index is 1260. The zero-order chi connectivity index (χ0) is 30.3. The van der Waals surface area contributed by atoms with Crippen LogP contribution in [0.15, 0.2) is 42.5 Å². The van der Waals surface area contributed by atoms with Gasteiger partial charge in [-0.05, 0) is 41.7 Å². The summed E-state index contributed by atoms with van der Waals surface area (Å²) in [5.74, 6) is -4.71. The largest absolute Gasteiger partial charge is 0.463 e. The fourth-order valence-electron chi connectivity index (χ4n) is 4.82. The molecule has 1 fully saturated rings. The Hall–Kier alpha value is -3.47. The molecule has 1 unspecified atom stereocenters. The van der Waals surface area contributed by atoms with Gasteiger partial charge in [-0.3, -0.25) is 19.2 Å². The van der Waals surface area contributed by atoms with Crippen LogP contribution in [0, 0.1) is 0 Å². The SMILES string of the molecule is CCc1ccc(Cc2cc(C3(OC)O[C@H](COC(C)=O)[C@@H](OC(C)=O)[C@H](OC(C)=O)[C@H]3OC(C)=O)ccc2Cl)cc1. The summed E-state index contributed by atoms with van der Waals surface area (Å²) >= 11 is 6.59. The first kappa shape index (κ1) is 32.0. The molecule has 0 saturated carbocycles. The van der Waals surface area contributed by atoms with E-state index in [0.717, 1.165) is 31.4 Å². The summed E-state index contributed by atoms with van der Waals surface area (Å²) in [5, 5.41) is 0.477. The van der Waals surface area contributed by atoms with Crippen LogP contribution < -0.4 is 0 Å². The van der Waals surface area contributed by atoms with Crippen LogP contribution in [0.2, 0.25) is 5.02 Å². The van der Waals surface area contributed by atoms with Crippen LogP contribution in [0.4, 0.5) is 0 Å². The number of carbonyl (C=O) groups excluding carboxylic acids is 4. The van der Waals surface area contributed by atoms with Gasteiger partial charge in [-0.2, -0.15) is 0 Å². The number of benzene rings is 2. The molecule has 2 aromatic carbocycles. The van der Waals surface area contributed by atoms with Crippen LogP contribution >= 0.6 is 11.6 Å². The molecule has 2 aromatic rings. The van der Waals surface area contributed by atoms with Crippen molar-refractivity contribution in [3.8, 4) is 0 Å². The molecule has 0 amide bonds. The first-order valence-electron chi connectivity index (χ1n) is 13.1. The third-order valence-electron chi connectivity index (χ3n) is 6.61. The number of methoxy groups -OCH3 is 1. The van der Waals surface area contributed by atoms with Crippen molar-refractivity contribution in [2.45, 2.75) is 77.7 Å². The van der Waals surface area contributed by atoms with E-state index >= 15 is 0 Å². The molecule has 0 N–H and O–H groups in total. The van der Waals surface area contributed by atoms with Gasteiger partial charge in [-0.1, -0.05) is 48.9 Å². The van der Waals surface area contributed by atoms with Gasteiger partial charge < -0.3 is 28.4 Å². The maximum absolute atomic E-state index is 12.3. The molecule has 0 aromatic heterocycles. The van der Waals surface area contributed by atoms with E-state index in [2.05, 4.69) is 6.92 Å². The molecule has 222 valence electrons. The van der Waals surface area contributed by atoms with Crippen LogP contribution in [0.3, 0.4) is 0 Å². The predicted molar refractivity (Wildman–Crippen MR) is 147 cm³/mol. The van der Waals surface area contributed by atoms with Crippen molar-refractivity contribution in [2.75, 3.05) is 13.7 Å². The standard InChI is InChI=1S/C30H35ClO10/c1-7-21-8-10-22(11-9-21)14-23-15-24(12-13-25(23)31)30(36-6)29(40-20(5)35)28(39-19(4)34)27(38-18(3)33)26(41-30)16-37-17(2)32/h8-13,15,26-29H,7,14,16H2,1-6H3/t26-,27-,28+,29-,30?/m1/s1. The molecule has 0 spiro atoms. The Morgan fingerprint density at radius 3 is 1.95 bits per heavy atom. The summed E-state index contributed by atoms with van der Waals surface area (Å²) in [4.78, 5) is 48.4. The smallest absolute Gasteiger partial charge is 0.303 e. The van der Waals surface area contributed by atoms with Gasteiger partial charge in [0.1, 0.15) is 12.7 Å². The maximum atomic E-state index is 12.3. The molecule has 1 aliphatic heterocycles. The van der Waals surface area contributed by atoms with E-state index in [1.165, 1.54) is 26.5 Å². The molecule has 1 heterocycles.